The molecule has 3 aromatic rings. The average Bonchev–Trinajstić information content (AvgIpc) is 3.40. The molecule has 0 unspecified atom stereocenters. The Bertz CT molecular complexity index is 1470. The number of carbonyl (C=O) groups is 3. The fraction of sp³-hybridized carbons (Fsp3) is 0.207. The van der Waals surface area contributed by atoms with E-state index in [1.54, 1.807) is 6.20 Å². The number of fused-ring (bicyclic) bond motifs is 5. The van der Waals surface area contributed by atoms with Gasteiger partial charge in [0.05, 0.1) is 28.8 Å². The number of ketones is 1. The molecule has 2 saturated heterocycles. The van der Waals surface area contributed by atoms with Gasteiger partial charge >= 0.3 is 0 Å². The summed E-state index contributed by atoms with van der Waals surface area (Å²) >= 11 is 0. The maximum atomic E-state index is 14.0. The van der Waals surface area contributed by atoms with Crippen LogP contribution in [0.25, 0.3) is 6.08 Å². The summed E-state index contributed by atoms with van der Waals surface area (Å²) in [6, 6.07) is 20.6. The van der Waals surface area contributed by atoms with E-state index in [0.29, 0.717) is 0 Å². The van der Waals surface area contributed by atoms with E-state index in [0.717, 1.165) is 16.7 Å². The fourth-order valence-corrected chi connectivity index (χ4v) is 6.06. The van der Waals surface area contributed by atoms with E-state index in [-0.39, 0.29) is 28.8 Å². The Morgan fingerprint density at radius 1 is 0.892 bits per heavy atom. The van der Waals surface area contributed by atoms with Crippen molar-refractivity contribution < 1.29 is 19.3 Å². The number of hydrogen-bond donors (Lipinski definition) is 0. The largest absolute Gasteiger partial charge is 0.358 e. The van der Waals surface area contributed by atoms with Gasteiger partial charge in [0.25, 0.3) is 5.69 Å². The molecule has 8 heteroatoms. The van der Waals surface area contributed by atoms with Crippen molar-refractivity contribution >= 4 is 29.4 Å². The number of nitro groups is 1. The van der Waals surface area contributed by atoms with E-state index in [1.807, 2.05) is 72.5 Å². The zero-order valence-corrected chi connectivity index (χ0v) is 19.9. The van der Waals surface area contributed by atoms with Crippen LogP contribution in [0.1, 0.15) is 46.1 Å². The Labute approximate surface area is 213 Å². The molecule has 5 atom stereocenters. The van der Waals surface area contributed by atoms with Crippen LogP contribution in [0.5, 0.6) is 0 Å². The molecule has 8 nitrogen and oxygen atoms in total. The van der Waals surface area contributed by atoms with Crippen molar-refractivity contribution in [1.82, 2.24) is 9.80 Å². The number of nitro benzene ring substituents is 1. The lowest BCUT2D eigenvalue weighted by molar-refractivity contribution is -0.384. The lowest BCUT2D eigenvalue weighted by Crippen LogP contribution is -2.44. The summed E-state index contributed by atoms with van der Waals surface area (Å²) in [5.74, 6) is -2.59. The first-order valence-electron chi connectivity index (χ1n) is 12.1. The Balaban J connectivity index is 1.45. The Morgan fingerprint density at radius 3 is 2.24 bits per heavy atom. The molecule has 0 aromatic heterocycles. The number of carbonyl (C=O) groups excluding carboxylic acids is 3. The molecule has 3 heterocycles. The Morgan fingerprint density at radius 2 is 1.54 bits per heavy atom. The molecule has 2 amide bonds. The molecule has 0 saturated carbocycles. The highest BCUT2D eigenvalue weighted by molar-refractivity contribution is 6.12. The zero-order chi connectivity index (χ0) is 25.8. The number of nitrogens with zero attached hydrogens (tertiary/aromatic N) is 3. The van der Waals surface area contributed by atoms with Crippen molar-refractivity contribution in [3.05, 3.63) is 117 Å². The highest BCUT2D eigenvalue weighted by atomic mass is 16.6. The lowest BCUT2D eigenvalue weighted by Gasteiger charge is -2.36. The summed E-state index contributed by atoms with van der Waals surface area (Å²) in [5.41, 5.74) is 2.82. The van der Waals surface area contributed by atoms with Gasteiger partial charge in [-0.2, -0.15) is 0 Å². The third-order valence-corrected chi connectivity index (χ3v) is 7.80. The van der Waals surface area contributed by atoms with E-state index in [9.17, 15) is 24.5 Å². The van der Waals surface area contributed by atoms with Gasteiger partial charge in [0.2, 0.25) is 11.8 Å². The van der Waals surface area contributed by atoms with Gasteiger partial charge in [-0.15, -0.1) is 0 Å². The summed E-state index contributed by atoms with van der Waals surface area (Å²) < 4.78 is 0. The molecule has 0 radical (unpaired) electrons. The zero-order valence-electron chi connectivity index (χ0n) is 19.9. The van der Waals surface area contributed by atoms with Gasteiger partial charge in [-0.3, -0.25) is 29.4 Å². The van der Waals surface area contributed by atoms with Gasteiger partial charge in [0.15, 0.2) is 5.78 Å². The van der Waals surface area contributed by atoms with Crippen molar-refractivity contribution in [2.75, 3.05) is 0 Å². The van der Waals surface area contributed by atoms with Crippen LogP contribution in [0.2, 0.25) is 0 Å². The normalized spacial score (nSPS) is 24.5. The molecule has 0 N–H and O–H groups in total. The second-order valence-electron chi connectivity index (χ2n) is 9.63. The van der Waals surface area contributed by atoms with Crippen LogP contribution in [0, 0.1) is 22.0 Å². The summed E-state index contributed by atoms with van der Waals surface area (Å²) in [6.07, 6.45) is 3.69. The number of likely N-dealkylation sites (tertiary alicyclic amines) is 1. The Kier molecular flexibility index (Phi) is 5.26. The van der Waals surface area contributed by atoms with Crippen LogP contribution in [-0.4, -0.2) is 38.4 Å². The van der Waals surface area contributed by atoms with Crippen LogP contribution < -0.4 is 0 Å². The highest BCUT2D eigenvalue weighted by Crippen LogP contribution is 2.54. The number of rotatable bonds is 5. The van der Waals surface area contributed by atoms with Crippen LogP contribution in [-0.2, 0) is 9.59 Å². The van der Waals surface area contributed by atoms with Gasteiger partial charge in [-0.25, -0.2) is 0 Å². The van der Waals surface area contributed by atoms with Crippen molar-refractivity contribution in [1.29, 1.82) is 0 Å². The molecule has 184 valence electrons. The number of Topliss-reactive ketones (excluding diaryl/α,β-unsaturated/α-hetero) is 1. The molecule has 2 fully saturated rings. The first-order valence-corrected chi connectivity index (χ1v) is 12.1. The SMILES string of the molecule is C[C@H](c1ccccc1)N1C(=O)[C@@H]2[C@H](C1=O)[C@@H]1c3ccccc3C=CN1[C@H]2C(=O)c1ccc([N+](=O)[O-])cc1. The van der Waals surface area contributed by atoms with Crippen LogP contribution in [0.3, 0.4) is 0 Å². The Hall–Kier alpha value is -4.59. The van der Waals surface area contributed by atoms with E-state index in [2.05, 4.69) is 0 Å². The summed E-state index contributed by atoms with van der Waals surface area (Å²) in [7, 11) is 0. The first-order chi connectivity index (χ1) is 17.9. The summed E-state index contributed by atoms with van der Waals surface area (Å²) in [4.78, 5) is 55.6. The van der Waals surface area contributed by atoms with E-state index in [4.69, 9.17) is 0 Å². The maximum absolute atomic E-state index is 14.0. The third-order valence-electron chi connectivity index (χ3n) is 7.80. The molecule has 37 heavy (non-hydrogen) atoms. The molecule has 3 aliphatic heterocycles. The van der Waals surface area contributed by atoms with Gasteiger partial charge in [0, 0.05) is 23.9 Å². The highest BCUT2D eigenvalue weighted by Gasteiger charge is 2.64. The molecule has 3 aromatic carbocycles. The minimum atomic E-state index is -0.912. The average molecular weight is 494 g/mol. The number of imide groups is 1. The van der Waals surface area contributed by atoms with Crippen molar-refractivity contribution in [2.45, 2.75) is 25.0 Å². The lowest BCUT2D eigenvalue weighted by atomic mass is 9.83. The third kappa shape index (κ3) is 3.40. The monoisotopic (exact) mass is 493 g/mol. The topological polar surface area (TPSA) is 101 Å². The molecule has 0 aliphatic carbocycles. The minimum absolute atomic E-state index is 0.125. The van der Waals surface area contributed by atoms with Gasteiger partial charge in [-0.1, -0.05) is 54.6 Å². The second kappa shape index (κ2) is 8.51. The van der Waals surface area contributed by atoms with Crippen LogP contribution >= 0.6 is 0 Å². The van der Waals surface area contributed by atoms with Crippen molar-refractivity contribution in [2.24, 2.45) is 11.8 Å². The quantitative estimate of drug-likeness (QED) is 0.224. The molecular formula is C29H23N3O5. The predicted molar refractivity (Wildman–Crippen MR) is 135 cm³/mol. The van der Waals surface area contributed by atoms with E-state index < -0.39 is 34.9 Å². The van der Waals surface area contributed by atoms with E-state index in [1.165, 1.54) is 29.2 Å². The second-order valence-corrected chi connectivity index (χ2v) is 9.63. The van der Waals surface area contributed by atoms with Gasteiger partial charge in [0.1, 0.15) is 6.04 Å². The number of hydrogen-bond acceptors (Lipinski definition) is 6. The molecule has 6 rings (SSSR count). The van der Waals surface area contributed by atoms with E-state index >= 15 is 0 Å². The molecule has 0 bridgehead atoms. The molecule has 0 spiro atoms. The van der Waals surface area contributed by atoms with Gasteiger partial charge in [-0.05, 0) is 41.8 Å². The fourth-order valence-electron chi connectivity index (χ4n) is 6.06. The standard InChI is InChI=1S/C29H23N3O5/c1-17(18-7-3-2-4-8-18)31-28(34)23-24(29(31)35)26(27(33)20-11-13-21(14-12-20)32(36)37)30-16-15-19-9-5-6-10-22(19)25(23)30/h2-17,23-26H,1H3/t17-,23+,24-,25+,26-/m1/s1. The maximum Gasteiger partial charge on any atom is 0.269 e. The molecular weight excluding hydrogens is 470 g/mol. The molecule has 3 aliphatic rings. The smallest absolute Gasteiger partial charge is 0.269 e. The van der Waals surface area contributed by atoms with Crippen LogP contribution in [0.4, 0.5) is 5.69 Å². The number of non-ortho nitro benzene ring substituents is 1. The van der Waals surface area contributed by atoms with Crippen molar-refractivity contribution in [3.63, 3.8) is 0 Å². The number of amides is 2. The minimum Gasteiger partial charge on any atom is -0.358 e. The number of benzene rings is 3. The summed E-state index contributed by atoms with van der Waals surface area (Å²) in [6.45, 7) is 1.83. The van der Waals surface area contributed by atoms with Crippen molar-refractivity contribution in [3.8, 4) is 0 Å². The van der Waals surface area contributed by atoms with Crippen LogP contribution in [0.15, 0.2) is 85.1 Å². The predicted octanol–water partition coefficient (Wildman–Crippen LogP) is 4.55. The summed E-state index contributed by atoms with van der Waals surface area (Å²) in [5, 5.41) is 11.1. The van der Waals surface area contributed by atoms with Gasteiger partial charge < -0.3 is 4.90 Å². The first kappa shape index (κ1) is 22.8.